The van der Waals surface area contributed by atoms with Gasteiger partial charge >= 0.3 is 0 Å². The first-order valence-electron chi connectivity index (χ1n) is 4.65. The second-order valence-corrected chi connectivity index (χ2v) is 3.55. The number of amides is 1. The molecule has 1 amide bonds. The SMILES string of the molecule is Cc1cc2ncc3c(c2[nH]1)OCC(=O)N3. The molecule has 1 aliphatic rings. The molecule has 0 atom stereocenters. The summed E-state index contributed by atoms with van der Waals surface area (Å²) >= 11 is 0. The molecule has 3 rings (SSSR count). The van der Waals surface area contributed by atoms with Crippen molar-refractivity contribution in [2.75, 3.05) is 11.9 Å². The van der Waals surface area contributed by atoms with Crippen LogP contribution in [0.5, 0.6) is 5.75 Å². The lowest BCUT2D eigenvalue weighted by Gasteiger charge is -2.17. The molecular weight excluding hydrogens is 194 g/mol. The van der Waals surface area contributed by atoms with Gasteiger partial charge in [0, 0.05) is 5.69 Å². The second kappa shape index (κ2) is 2.73. The third kappa shape index (κ3) is 1.16. The Hall–Kier alpha value is -2.04. The van der Waals surface area contributed by atoms with Crippen molar-refractivity contribution < 1.29 is 9.53 Å². The number of aromatic nitrogens is 2. The predicted molar refractivity (Wildman–Crippen MR) is 55.0 cm³/mol. The van der Waals surface area contributed by atoms with Crippen LogP contribution in [-0.4, -0.2) is 22.5 Å². The van der Waals surface area contributed by atoms with Crippen molar-refractivity contribution in [3.8, 4) is 5.75 Å². The van der Waals surface area contributed by atoms with Crippen LogP contribution in [0.1, 0.15) is 5.69 Å². The standard InChI is InChI=1S/C10H9N3O2/c1-5-2-6-9(12-5)10-7(3-11-6)13-8(14)4-15-10/h2-3,12H,4H2,1H3,(H,13,14). The first-order valence-corrected chi connectivity index (χ1v) is 4.65. The van der Waals surface area contributed by atoms with Crippen molar-refractivity contribution in [3.63, 3.8) is 0 Å². The van der Waals surface area contributed by atoms with Gasteiger partial charge in [0.05, 0.1) is 11.7 Å². The molecule has 0 radical (unpaired) electrons. The van der Waals surface area contributed by atoms with E-state index in [1.54, 1.807) is 6.20 Å². The first-order chi connectivity index (χ1) is 7.24. The number of hydrogen-bond acceptors (Lipinski definition) is 3. The number of nitrogens with one attached hydrogen (secondary N) is 2. The number of fused-ring (bicyclic) bond motifs is 3. The van der Waals surface area contributed by atoms with E-state index in [0.29, 0.717) is 11.4 Å². The minimum atomic E-state index is -0.146. The smallest absolute Gasteiger partial charge is 0.262 e. The number of pyridine rings is 1. The van der Waals surface area contributed by atoms with Gasteiger partial charge in [-0.3, -0.25) is 9.78 Å². The van der Waals surface area contributed by atoms with Gasteiger partial charge in [0.2, 0.25) is 0 Å². The zero-order valence-corrected chi connectivity index (χ0v) is 8.13. The highest BCUT2D eigenvalue weighted by atomic mass is 16.5. The molecule has 5 nitrogen and oxygen atoms in total. The normalized spacial score (nSPS) is 14.6. The number of hydrogen-bond donors (Lipinski definition) is 2. The maximum absolute atomic E-state index is 11.1. The van der Waals surface area contributed by atoms with Crippen LogP contribution >= 0.6 is 0 Å². The fourth-order valence-electron chi connectivity index (χ4n) is 1.74. The second-order valence-electron chi connectivity index (χ2n) is 3.55. The van der Waals surface area contributed by atoms with E-state index >= 15 is 0 Å². The quantitative estimate of drug-likeness (QED) is 0.676. The molecule has 15 heavy (non-hydrogen) atoms. The lowest BCUT2D eigenvalue weighted by molar-refractivity contribution is -0.118. The molecule has 2 N–H and O–H groups in total. The summed E-state index contributed by atoms with van der Waals surface area (Å²) in [6.07, 6.45) is 1.61. The van der Waals surface area contributed by atoms with E-state index in [1.807, 2.05) is 13.0 Å². The van der Waals surface area contributed by atoms with E-state index in [-0.39, 0.29) is 12.5 Å². The summed E-state index contributed by atoms with van der Waals surface area (Å²) in [4.78, 5) is 18.5. The Morgan fingerprint density at radius 3 is 3.27 bits per heavy atom. The number of carbonyl (C=O) groups is 1. The topological polar surface area (TPSA) is 67.0 Å². The van der Waals surface area contributed by atoms with Gasteiger partial charge in [0.1, 0.15) is 11.2 Å². The molecule has 0 saturated carbocycles. The molecule has 0 bridgehead atoms. The summed E-state index contributed by atoms with van der Waals surface area (Å²) in [6.45, 7) is 2.01. The maximum atomic E-state index is 11.1. The largest absolute Gasteiger partial charge is 0.479 e. The third-order valence-corrected chi connectivity index (χ3v) is 2.36. The molecule has 76 valence electrons. The monoisotopic (exact) mass is 203 g/mol. The molecule has 3 heterocycles. The van der Waals surface area contributed by atoms with Gasteiger partial charge < -0.3 is 15.0 Å². The Labute approximate surface area is 85.5 Å². The average molecular weight is 203 g/mol. The minimum absolute atomic E-state index is 0.0597. The van der Waals surface area contributed by atoms with Crippen LogP contribution < -0.4 is 10.1 Å². The summed E-state index contributed by atoms with van der Waals surface area (Å²) in [5.41, 5.74) is 3.33. The predicted octanol–water partition coefficient (Wildman–Crippen LogP) is 1.20. The Balaban J connectivity index is 2.29. The number of nitrogens with zero attached hydrogens (tertiary/aromatic N) is 1. The fraction of sp³-hybridized carbons (Fsp3) is 0.200. The van der Waals surface area contributed by atoms with Crippen LogP contribution in [0.2, 0.25) is 0 Å². The molecule has 1 aliphatic heterocycles. The van der Waals surface area contributed by atoms with Crippen molar-refractivity contribution in [3.05, 3.63) is 18.0 Å². The van der Waals surface area contributed by atoms with E-state index < -0.39 is 0 Å². The number of anilines is 1. The van der Waals surface area contributed by atoms with Crippen LogP contribution in [0.25, 0.3) is 11.0 Å². The molecule has 0 spiro atoms. The van der Waals surface area contributed by atoms with Crippen LogP contribution in [0.15, 0.2) is 12.3 Å². The number of ether oxygens (including phenoxy) is 1. The van der Waals surface area contributed by atoms with E-state index in [4.69, 9.17) is 4.74 Å². The third-order valence-electron chi connectivity index (χ3n) is 2.36. The molecule has 2 aromatic rings. The highest BCUT2D eigenvalue weighted by Crippen LogP contribution is 2.33. The van der Waals surface area contributed by atoms with Gasteiger partial charge in [-0.1, -0.05) is 0 Å². The molecular formula is C10H9N3O2. The van der Waals surface area contributed by atoms with Crippen molar-refractivity contribution in [2.45, 2.75) is 6.92 Å². The van der Waals surface area contributed by atoms with E-state index in [0.717, 1.165) is 16.7 Å². The van der Waals surface area contributed by atoms with Gasteiger partial charge in [-0.25, -0.2) is 0 Å². The van der Waals surface area contributed by atoms with Crippen LogP contribution in [0, 0.1) is 6.92 Å². The number of aryl methyl sites for hydroxylation is 1. The van der Waals surface area contributed by atoms with Gasteiger partial charge in [0.15, 0.2) is 12.4 Å². The van der Waals surface area contributed by atoms with Gasteiger partial charge in [-0.05, 0) is 13.0 Å². The van der Waals surface area contributed by atoms with E-state index in [9.17, 15) is 4.79 Å². The van der Waals surface area contributed by atoms with Crippen molar-refractivity contribution in [2.24, 2.45) is 0 Å². The number of H-pyrrole nitrogens is 1. The molecule has 0 aromatic carbocycles. The Morgan fingerprint density at radius 1 is 1.53 bits per heavy atom. The summed E-state index contributed by atoms with van der Waals surface area (Å²) in [6, 6.07) is 1.94. The average Bonchev–Trinajstić information content (AvgIpc) is 2.58. The zero-order chi connectivity index (χ0) is 10.4. The van der Waals surface area contributed by atoms with Crippen LogP contribution in [0.3, 0.4) is 0 Å². The van der Waals surface area contributed by atoms with Crippen molar-refractivity contribution >= 4 is 22.6 Å². The fourth-order valence-corrected chi connectivity index (χ4v) is 1.74. The molecule has 0 fully saturated rings. The number of carbonyl (C=O) groups excluding carboxylic acids is 1. The van der Waals surface area contributed by atoms with Crippen molar-refractivity contribution in [1.82, 2.24) is 9.97 Å². The first kappa shape index (κ1) is 8.28. The number of aromatic amines is 1. The van der Waals surface area contributed by atoms with Crippen molar-refractivity contribution in [1.29, 1.82) is 0 Å². The van der Waals surface area contributed by atoms with Crippen LogP contribution in [0.4, 0.5) is 5.69 Å². The maximum Gasteiger partial charge on any atom is 0.262 e. The highest BCUT2D eigenvalue weighted by Gasteiger charge is 2.19. The molecule has 2 aromatic heterocycles. The molecule has 0 unspecified atom stereocenters. The Bertz CT molecular complexity index is 559. The Morgan fingerprint density at radius 2 is 2.40 bits per heavy atom. The lowest BCUT2D eigenvalue weighted by atomic mass is 10.3. The number of rotatable bonds is 0. The van der Waals surface area contributed by atoms with E-state index in [2.05, 4.69) is 15.3 Å². The highest BCUT2D eigenvalue weighted by molar-refractivity contribution is 6.00. The summed E-state index contributed by atoms with van der Waals surface area (Å²) in [5.74, 6) is 0.527. The summed E-state index contributed by atoms with van der Waals surface area (Å²) in [5, 5.41) is 2.71. The zero-order valence-electron chi connectivity index (χ0n) is 8.13. The van der Waals surface area contributed by atoms with Gasteiger partial charge in [-0.2, -0.15) is 0 Å². The summed E-state index contributed by atoms with van der Waals surface area (Å²) < 4.78 is 5.38. The molecule has 0 aliphatic carbocycles. The minimum Gasteiger partial charge on any atom is -0.479 e. The lowest BCUT2D eigenvalue weighted by Crippen LogP contribution is -2.25. The van der Waals surface area contributed by atoms with Gasteiger partial charge in [0.25, 0.3) is 5.91 Å². The van der Waals surface area contributed by atoms with E-state index in [1.165, 1.54) is 0 Å². The molecule has 0 saturated heterocycles. The van der Waals surface area contributed by atoms with Gasteiger partial charge in [-0.15, -0.1) is 0 Å². The van der Waals surface area contributed by atoms with Crippen LogP contribution in [-0.2, 0) is 4.79 Å². The summed E-state index contributed by atoms with van der Waals surface area (Å²) in [7, 11) is 0. The molecule has 5 heteroatoms. The Kier molecular flexibility index (Phi) is 1.50.